The first-order valence-corrected chi connectivity index (χ1v) is 5.63. The second-order valence-electron chi connectivity index (χ2n) is 4.27. The summed E-state index contributed by atoms with van der Waals surface area (Å²) >= 11 is 0. The van der Waals surface area contributed by atoms with Gasteiger partial charge in [-0.2, -0.15) is 0 Å². The minimum absolute atomic E-state index is 0.278. The lowest BCUT2D eigenvalue weighted by molar-refractivity contribution is -0.139. The molecule has 1 saturated heterocycles. The molecule has 0 bridgehead atoms. The van der Waals surface area contributed by atoms with E-state index in [1.807, 2.05) is 0 Å². The maximum atomic E-state index is 10.7. The predicted molar refractivity (Wildman–Crippen MR) is 56.3 cm³/mol. The van der Waals surface area contributed by atoms with Crippen LogP contribution < -0.4 is 0 Å². The Morgan fingerprint density at radius 1 is 1.50 bits per heavy atom. The van der Waals surface area contributed by atoms with E-state index < -0.39 is 5.97 Å². The number of hydrogen-bond acceptors (Lipinski definition) is 2. The Kier molecular flexibility index (Phi) is 4.39. The first kappa shape index (κ1) is 11.5. The third kappa shape index (κ3) is 2.98. The molecule has 3 nitrogen and oxygen atoms in total. The van der Waals surface area contributed by atoms with Crippen LogP contribution in [0.1, 0.15) is 39.5 Å². The summed E-state index contributed by atoms with van der Waals surface area (Å²) in [5.41, 5.74) is 0. The van der Waals surface area contributed by atoms with Gasteiger partial charge in [0.05, 0.1) is 6.42 Å². The summed E-state index contributed by atoms with van der Waals surface area (Å²) in [4.78, 5) is 13.0. The largest absolute Gasteiger partial charge is 0.481 e. The summed E-state index contributed by atoms with van der Waals surface area (Å²) in [7, 11) is 0. The summed E-state index contributed by atoms with van der Waals surface area (Å²) in [5, 5.41) is 8.78. The van der Waals surface area contributed by atoms with E-state index in [0.29, 0.717) is 6.42 Å². The van der Waals surface area contributed by atoms with E-state index in [2.05, 4.69) is 18.7 Å². The number of likely N-dealkylation sites (tertiary alicyclic amines) is 1. The minimum atomic E-state index is -0.664. The Morgan fingerprint density at radius 2 is 2.14 bits per heavy atom. The Bertz CT molecular complexity index is 188. The second-order valence-corrected chi connectivity index (χ2v) is 4.27. The molecule has 0 saturated carbocycles. The molecule has 1 fully saturated rings. The van der Waals surface area contributed by atoms with Crippen molar-refractivity contribution in [3.05, 3.63) is 0 Å². The fourth-order valence-corrected chi connectivity index (χ4v) is 2.11. The average molecular weight is 199 g/mol. The van der Waals surface area contributed by atoms with Crippen LogP contribution in [0.3, 0.4) is 0 Å². The van der Waals surface area contributed by atoms with Gasteiger partial charge in [-0.05, 0) is 12.3 Å². The molecule has 1 aliphatic heterocycles. The van der Waals surface area contributed by atoms with Crippen LogP contribution in [0.2, 0.25) is 0 Å². The zero-order valence-corrected chi connectivity index (χ0v) is 9.20. The fraction of sp³-hybridized carbons (Fsp3) is 0.909. The maximum Gasteiger partial charge on any atom is 0.304 e. The fourth-order valence-electron chi connectivity index (χ4n) is 2.11. The summed E-state index contributed by atoms with van der Waals surface area (Å²) in [6.07, 6.45) is 3.63. The molecule has 1 heterocycles. The lowest BCUT2D eigenvalue weighted by atomic mass is 9.92. The molecule has 82 valence electrons. The molecule has 0 amide bonds. The van der Waals surface area contributed by atoms with Gasteiger partial charge in [0.2, 0.25) is 0 Å². The Hall–Kier alpha value is -0.570. The molecule has 1 aliphatic rings. The van der Waals surface area contributed by atoms with Crippen molar-refractivity contribution in [1.29, 1.82) is 0 Å². The van der Waals surface area contributed by atoms with E-state index in [-0.39, 0.29) is 6.04 Å². The van der Waals surface area contributed by atoms with Crippen LogP contribution in [-0.2, 0) is 4.79 Å². The number of hydrogen-bond donors (Lipinski definition) is 1. The van der Waals surface area contributed by atoms with Crippen LogP contribution >= 0.6 is 0 Å². The summed E-state index contributed by atoms with van der Waals surface area (Å²) in [6.45, 7) is 6.53. The number of rotatable bonds is 6. The van der Waals surface area contributed by atoms with Gasteiger partial charge in [0, 0.05) is 19.1 Å². The highest BCUT2D eigenvalue weighted by atomic mass is 16.4. The van der Waals surface area contributed by atoms with Crippen molar-refractivity contribution in [3.63, 3.8) is 0 Å². The summed E-state index contributed by atoms with van der Waals surface area (Å²) < 4.78 is 0. The molecular formula is C11H21NO2. The quantitative estimate of drug-likeness (QED) is 0.711. The van der Waals surface area contributed by atoms with Crippen LogP contribution in [-0.4, -0.2) is 35.1 Å². The molecule has 1 N–H and O–H groups in total. The third-order valence-electron chi connectivity index (χ3n) is 3.11. The maximum absolute atomic E-state index is 10.7. The van der Waals surface area contributed by atoms with Crippen molar-refractivity contribution in [3.8, 4) is 0 Å². The van der Waals surface area contributed by atoms with Crippen LogP contribution in [0.4, 0.5) is 0 Å². The van der Waals surface area contributed by atoms with Gasteiger partial charge in [-0.1, -0.05) is 26.7 Å². The van der Waals surface area contributed by atoms with Crippen LogP contribution in [0.25, 0.3) is 0 Å². The molecule has 0 aromatic rings. The van der Waals surface area contributed by atoms with E-state index >= 15 is 0 Å². The Balaban J connectivity index is 2.32. The highest BCUT2D eigenvalue weighted by Gasteiger charge is 2.31. The topological polar surface area (TPSA) is 40.5 Å². The SMILES string of the molecule is CCCC(CC(=O)O)N1CC(CC)C1. The molecule has 0 aromatic carbocycles. The predicted octanol–water partition coefficient (Wildman–Crippen LogP) is 1.97. The average Bonchev–Trinajstić information content (AvgIpc) is 2.01. The van der Waals surface area contributed by atoms with Gasteiger partial charge in [-0.3, -0.25) is 9.69 Å². The Morgan fingerprint density at radius 3 is 2.57 bits per heavy atom. The molecule has 1 atom stereocenters. The lowest BCUT2D eigenvalue weighted by Gasteiger charge is -2.44. The van der Waals surface area contributed by atoms with Gasteiger partial charge < -0.3 is 5.11 Å². The summed E-state index contributed by atoms with van der Waals surface area (Å²) in [6, 6.07) is 0.278. The van der Waals surface area contributed by atoms with Gasteiger partial charge in [0.25, 0.3) is 0 Å². The second kappa shape index (κ2) is 5.35. The van der Waals surface area contributed by atoms with Gasteiger partial charge >= 0.3 is 5.97 Å². The van der Waals surface area contributed by atoms with Crippen molar-refractivity contribution in [2.75, 3.05) is 13.1 Å². The normalized spacial score (nSPS) is 20.4. The molecule has 14 heavy (non-hydrogen) atoms. The van der Waals surface area contributed by atoms with Gasteiger partial charge in [-0.15, -0.1) is 0 Å². The number of carbonyl (C=O) groups is 1. The standard InChI is InChI=1S/C11H21NO2/c1-3-5-10(6-11(13)14)12-7-9(4-2)8-12/h9-10H,3-8H2,1-2H3,(H,13,14). The lowest BCUT2D eigenvalue weighted by Crippen LogP contribution is -2.52. The van der Waals surface area contributed by atoms with E-state index in [1.54, 1.807) is 0 Å². The highest BCUT2D eigenvalue weighted by Crippen LogP contribution is 2.24. The van der Waals surface area contributed by atoms with Crippen LogP contribution in [0.15, 0.2) is 0 Å². The smallest absolute Gasteiger partial charge is 0.304 e. The minimum Gasteiger partial charge on any atom is -0.481 e. The first-order chi connectivity index (χ1) is 6.67. The van der Waals surface area contributed by atoms with E-state index in [1.165, 1.54) is 6.42 Å². The van der Waals surface area contributed by atoms with Gasteiger partial charge in [0.15, 0.2) is 0 Å². The van der Waals surface area contributed by atoms with Crippen LogP contribution in [0.5, 0.6) is 0 Å². The number of carboxylic acid groups (broad SMARTS) is 1. The zero-order valence-electron chi connectivity index (χ0n) is 9.20. The molecule has 0 aliphatic carbocycles. The Labute approximate surface area is 86.1 Å². The molecule has 0 radical (unpaired) electrons. The molecule has 3 heteroatoms. The van der Waals surface area contributed by atoms with Crippen molar-refractivity contribution < 1.29 is 9.90 Å². The van der Waals surface area contributed by atoms with Crippen molar-refractivity contribution in [1.82, 2.24) is 4.90 Å². The van der Waals surface area contributed by atoms with Gasteiger partial charge in [-0.25, -0.2) is 0 Å². The van der Waals surface area contributed by atoms with Gasteiger partial charge in [0.1, 0.15) is 0 Å². The molecule has 1 rings (SSSR count). The van der Waals surface area contributed by atoms with E-state index in [9.17, 15) is 4.79 Å². The third-order valence-corrected chi connectivity index (χ3v) is 3.11. The number of carboxylic acids is 1. The number of aliphatic carboxylic acids is 1. The number of nitrogens with zero attached hydrogens (tertiary/aromatic N) is 1. The van der Waals surface area contributed by atoms with E-state index in [4.69, 9.17) is 5.11 Å². The highest BCUT2D eigenvalue weighted by molar-refractivity contribution is 5.67. The monoisotopic (exact) mass is 199 g/mol. The van der Waals surface area contributed by atoms with E-state index in [0.717, 1.165) is 31.8 Å². The first-order valence-electron chi connectivity index (χ1n) is 5.63. The molecular weight excluding hydrogens is 178 g/mol. The zero-order chi connectivity index (χ0) is 10.6. The molecule has 1 unspecified atom stereocenters. The summed E-state index contributed by atoms with van der Waals surface area (Å²) in [5.74, 6) is 0.145. The van der Waals surface area contributed by atoms with Crippen molar-refractivity contribution in [2.24, 2.45) is 5.92 Å². The van der Waals surface area contributed by atoms with Crippen LogP contribution in [0, 0.1) is 5.92 Å². The molecule has 0 aromatic heterocycles. The van der Waals surface area contributed by atoms with Crippen molar-refractivity contribution >= 4 is 5.97 Å². The molecule has 0 spiro atoms. The van der Waals surface area contributed by atoms with Crippen molar-refractivity contribution in [2.45, 2.75) is 45.6 Å².